The number of hydrogen-bond donors (Lipinski definition) is 2. The van der Waals surface area contributed by atoms with Gasteiger partial charge in [0, 0.05) is 25.1 Å². The highest BCUT2D eigenvalue weighted by Gasteiger charge is 2.15. The lowest BCUT2D eigenvalue weighted by Gasteiger charge is -2.16. The summed E-state index contributed by atoms with van der Waals surface area (Å²) in [6.07, 6.45) is 6.83. The molecule has 23 heavy (non-hydrogen) atoms. The molecule has 0 spiro atoms. The van der Waals surface area contributed by atoms with E-state index < -0.39 is 17.5 Å². The Balaban J connectivity index is 1.73. The zero-order valence-corrected chi connectivity index (χ0v) is 13.0. The smallest absolute Gasteiger partial charge is 0.254 e. The number of hydrogen-bond acceptors (Lipinski definition) is 2. The molecular formula is C17H22F2N2O2. The van der Waals surface area contributed by atoms with Crippen LogP contribution < -0.4 is 10.6 Å². The number of nitrogens with one attached hydrogen (secondary N) is 2. The molecule has 1 aromatic rings. The lowest BCUT2D eigenvalue weighted by Crippen LogP contribution is -2.37. The van der Waals surface area contributed by atoms with Crippen LogP contribution in [0.15, 0.2) is 18.2 Å². The fourth-order valence-electron chi connectivity index (χ4n) is 2.78. The van der Waals surface area contributed by atoms with Crippen molar-refractivity contribution in [3.8, 4) is 0 Å². The standard InChI is InChI=1S/C17H22F2N2O2/c18-12-7-8-14(15(19)11-12)17(23)20-10-9-16(22)21-13-5-3-1-2-4-6-13/h7-8,11,13H,1-6,9-10H2,(H,20,23)(H,21,22). The van der Waals surface area contributed by atoms with Gasteiger partial charge in [0.25, 0.3) is 5.91 Å². The lowest BCUT2D eigenvalue weighted by atomic mass is 10.1. The van der Waals surface area contributed by atoms with Crippen LogP contribution >= 0.6 is 0 Å². The van der Waals surface area contributed by atoms with Crippen molar-refractivity contribution in [2.75, 3.05) is 6.54 Å². The van der Waals surface area contributed by atoms with E-state index in [1.54, 1.807) is 0 Å². The van der Waals surface area contributed by atoms with E-state index in [0.717, 1.165) is 37.8 Å². The molecular weight excluding hydrogens is 302 g/mol. The first kappa shape index (κ1) is 17.4. The summed E-state index contributed by atoms with van der Waals surface area (Å²) in [6, 6.07) is 2.99. The SMILES string of the molecule is O=C(CCNC(=O)c1ccc(F)cc1F)NC1CCCCCC1. The van der Waals surface area contributed by atoms with Gasteiger partial charge in [0.1, 0.15) is 11.6 Å². The molecule has 1 aromatic carbocycles. The van der Waals surface area contributed by atoms with E-state index in [1.807, 2.05) is 0 Å². The van der Waals surface area contributed by atoms with E-state index >= 15 is 0 Å². The predicted octanol–water partition coefficient (Wildman–Crippen LogP) is 2.92. The zero-order chi connectivity index (χ0) is 16.7. The maximum Gasteiger partial charge on any atom is 0.254 e. The molecule has 0 heterocycles. The van der Waals surface area contributed by atoms with Crippen LogP contribution in [-0.2, 0) is 4.79 Å². The Bertz CT molecular complexity index is 556. The molecule has 6 heteroatoms. The van der Waals surface area contributed by atoms with Crippen LogP contribution in [-0.4, -0.2) is 24.4 Å². The van der Waals surface area contributed by atoms with E-state index in [9.17, 15) is 18.4 Å². The fourth-order valence-corrected chi connectivity index (χ4v) is 2.78. The van der Waals surface area contributed by atoms with Crippen molar-refractivity contribution in [2.45, 2.75) is 51.0 Å². The van der Waals surface area contributed by atoms with Gasteiger partial charge < -0.3 is 10.6 Å². The molecule has 2 N–H and O–H groups in total. The van der Waals surface area contributed by atoms with Gasteiger partial charge in [-0.05, 0) is 25.0 Å². The molecule has 0 unspecified atom stereocenters. The number of benzene rings is 1. The molecule has 1 saturated carbocycles. The summed E-state index contributed by atoms with van der Waals surface area (Å²) in [5, 5.41) is 5.45. The second-order valence-corrected chi connectivity index (χ2v) is 5.89. The molecule has 0 atom stereocenters. The zero-order valence-electron chi connectivity index (χ0n) is 13.0. The molecule has 0 radical (unpaired) electrons. The number of amides is 2. The molecule has 2 amide bonds. The molecule has 0 aromatic heterocycles. The van der Waals surface area contributed by atoms with Gasteiger partial charge in [0.05, 0.1) is 5.56 Å². The third-order valence-corrected chi connectivity index (χ3v) is 4.03. The van der Waals surface area contributed by atoms with Gasteiger partial charge in [-0.2, -0.15) is 0 Å². The Labute approximate surface area is 134 Å². The first-order chi connectivity index (χ1) is 11.1. The largest absolute Gasteiger partial charge is 0.353 e. The van der Waals surface area contributed by atoms with Crippen molar-refractivity contribution in [1.82, 2.24) is 10.6 Å². The first-order valence-corrected chi connectivity index (χ1v) is 8.09. The van der Waals surface area contributed by atoms with E-state index in [2.05, 4.69) is 10.6 Å². The number of rotatable bonds is 5. The van der Waals surface area contributed by atoms with Crippen LogP contribution in [0.3, 0.4) is 0 Å². The molecule has 1 fully saturated rings. The number of halogens is 2. The van der Waals surface area contributed by atoms with E-state index in [0.29, 0.717) is 6.07 Å². The minimum Gasteiger partial charge on any atom is -0.353 e. The average Bonchev–Trinajstić information content (AvgIpc) is 2.75. The molecule has 0 aliphatic heterocycles. The van der Waals surface area contributed by atoms with Crippen molar-refractivity contribution in [2.24, 2.45) is 0 Å². The molecule has 2 rings (SSSR count). The van der Waals surface area contributed by atoms with E-state index in [-0.39, 0.29) is 30.5 Å². The Morgan fingerprint density at radius 1 is 1.09 bits per heavy atom. The van der Waals surface area contributed by atoms with E-state index in [1.165, 1.54) is 12.8 Å². The highest BCUT2D eigenvalue weighted by Crippen LogP contribution is 2.17. The Morgan fingerprint density at radius 2 is 1.78 bits per heavy atom. The fraction of sp³-hybridized carbons (Fsp3) is 0.529. The quantitative estimate of drug-likeness (QED) is 0.818. The normalized spacial score (nSPS) is 15.7. The third-order valence-electron chi connectivity index (χ3n) is 4.03. The number of carbonyl (C=O) groups is 2. The highest BCUT2D eigenvalue weighted by atomic mass is 19.1. The average molecular weight is 324 g/mol. The minimum absolute atomic E-state index is 0.114. The van der Waals surface area contributed by atoms with Crippen molar-refractivity contribution >= 4 is 11.8 Å². The molecule has 0 saturated heterocycles. The van der Waals surface area contributed by atoms with Gasteiger partial charge in [-0.3, -0.25) is 9.59 Å². The van der Waals surface area contributed by atoms with Gasteiger partial charge in [0.2, 0.25) is 5.91 Å². The maximum atomic E-state index is 13.5. The molecule has 4 nitrogen and oxygen atoms in total. The van der Waals surface area contributed by atoms with Crippen molar-refractivity contribution < 1.29 is 18.4 Å². The highest BCUT2D eigenvalue weighted by molar-refractivity contribution is 5.94. The number of carbonyl (C=O) groups excluding carboxylic acids is 2. The van der Waals surface area contributed by atoms with Gasteiger partial charge in [-0.15, -0.1) is 0 Å². The van der Waals surface area contributed by atoms with Gasteiger partial charge >= 0.3 is 0 Å². The topological polar surface area (TPSA) is 58.2 Å². The lowest BCUT2D eigenvalue weighted by molar-refractivity contribution is -0.121. The van der Waals surface area contributed by atoms with Crippen molar-refractivity contribution in [3.63, 3.8) is 0 Å². The van der Waals surface area contributed by atoms with Crippen LogP contribution in [0.5, 0.6) is 0 Å². The van der Waals surface area contributed by atoms with Crippen LogP contribution in [0.4, 0.5) is 8.78 Å². The molecule has 1 aliphatic rings. The van der Waals surface area contributed by atoms with Crippen molar-refractivity contribution in [3.05, 3.63) is 35.4 Å². The van der Waals surface area contributed by atoms with Gasteiger partial charge in [-0.25, -0.2) is 8.78 Å². The minimum atomic E-state index is -0.912. The third kappa shape index (κ3) is 5.62. The molecule has 0 bridgehead atoms. The van der Waals surface area contributed by atoms with Gasteiger partial charge in [0.15, 0.2) is 0 Å². The summed E-state index contributed by atoms with van der Waals surface area (Å²) in [5.74, 6) is -2.41. The van der Waals surface area contributed by atoms with Crippen molar-refractivity contribution in [1.29, 1.82) is 0 Å². The Morgan fingerprint density at radius 3 is 2.43 bits per heavy atom. The summed E-state index contributed by atoms with van der Waals surface area (Å²) in [6.45, 7) is 0.119. The van der Waals surface area contributed by atoms with Gasteiger partial charge in [-0.1, -0.05) is 25.7 Å². The van der Waals surface area contributed by atoms with Crippen LogP contribution in [0.2, 0.25) is 0 Å². The molecule has 1 aliphatic carbocycles. The van der Waals surface area contributed by atoms with E-state index in [4.69, 9.17) is 0 Å². The Kier molecular flexibility index (Phi) is 6.50. The predicted molar refractivity (Wildman–Crippen MR) is 82.9 cm³/mol. The summed E-state index contributed by atoms with van der Waals surface area (Å²) in [4.78, 5) is 23.7. The molecule has 126 valence electrons. The Hall–Kier alpha value is -1.98. The second kappa shape index (κ2) is 8.60. The van der Waals surface area contributed by atoms with Crippen LogP contribution in [0.1, 0.15) is 55.3 Å². The summed E-state index contributed by atoms with van der Waals surface area (Å²) in [7, 11) is 0. The summed E-state index contributed by atoms with van der Waals surface area (Å²) in [5.41, 5.74) is -0.226. The second-order valence-electron chi connectivity index (χ2n) is 5.89. The first-order valence-electron chi connectivity index (χ1n) is 8.09. The van der Waals surface area contributed by atoms with Crippen LogP contribution in [0, 0.1) is 11.6 Å². The maximum absolute atomic E-state index is 13.5. The summed E-state index contributed by atoms with van der Waals surface area (Å²) >= 11 is 0. The summed E-state index contributed by atoms with van der Waals surface area (Å²) < 4.78 is 26.2. The monoisotopic (exact) mass is 324 g/mol. The van der Waals surface area contributed by atoms with Crippen LogP contribution in [0.25, 0.3) is 0 Å².